The van der Waals surface area contributed by atoms with E-state index in [9.17, 15) is 13.6 Å². The van der Waals surface area contributed by atoms with E-state index in [2.05, 4.69) is 4.98 Å². The molecule has 0 amide bonds. The summed E-state index contributed by atoms with van der Waals surface area (Å²) in [7, 11) is 0. The van der Waals surface area contributed by atoms with Crippen molar-refractivity contribution in [3.8, 4) is 6.07 Å². The second-order valence-electron chi connectivity index (χ2n) is 2.85. The highest BCUT2D eigenvalue weighted by Crippen LogP contribution is 2.26. The number of nitrogens with zero attached hydrogens (tertiary/aromatic N) is 2. The molecule has 1 N–H and O–H groups in total. The van der Waals surface area contributed by atoms with E-state index in [4.69, 9.17) is 10.4 Å². The normalized spacial score (nSPS) is 10.2. The van der Waals surface area contributed by atoms with Crippen molar-refractivity contribution in [1.82, 2.24) is 4.98 Å². The summed E-state index contributed by atoms with van der Waals surface area (Å²) in [6.07, 6.45) is -3.23. The summed E-state index contributed by atoms with van der Waals surface area (Å²) in [5.41, 5.74) is -0.571. The molecule has 0 unspecified atom stereocenters. The summed E-state index contributed by atoms with van der Waals surface area (Å²) >= 11 is 1.61. The van der Waals surface area contributed by atoms with Gasteiger partial charge in [-0.25, -0.2) is 13.8 Å². The highest BCUT2D eigenvalue weighted by molar-refractivity contribution is 14.1. The van der Waals surface area contributed by atoms with Crippen LogP contribution in [-0.2, 0) is 11.2 Å². The number of hydrogen-bond acceptors (Lipinski definition) is 3. The predicted molar refractivity (Wildman–Crippen MR) is 58.0 cm³/mol. The SMILES string of the molecule is N#Cc1cc(CC(=O)O)c(I)c(C(F)F)n1. The van der Waals surface area contributed by atoms with Gasteiger partial charge in [-0.2, -0.15) is 5.26 Å². The number of hydrogen-bond donors (Lipinski definition) is 1. The van der Waals surface area contributed by atoms with Gasteiger partial charge in [0, 0.05) is 3.57 Å². The molecule has 7 heteroatoms. The maximum Gasteiger partial charge on any atom is 0.307 e. The fourth-order valence-corrected chi connectivity index (χ4v) is 1.80. The summed E-state index contributed by atoms with van der Waals surface area (Å²) in [4.78, 5) is 14.0. The first kappa shape index (κ1) is 12.8. The molecule has 1 heterocycles. The average molecular weight is 338 g/mol. The van der Waals surface area contributed by atoms with E-state index < -0.39 is 24.5 Å². The number of aliphatic carboxylic acids is 1. The maximum absolute atomic E-state index is 12.5. The van der Waals surface area contributed by atoms with Gasteiger partial charge in [0.05, 0.1) is 6.42 Å². The number of aromatic nitrogens is 1. The van der Waals surface area contributed by atoms with Crippen molar-refractivity contribution < 1.29 is 18.7 Å². The molecule has 0 fully saturated rings. The van der Waals surface area contributed by atoms with Crippen molar-refractivity contribution >= 4 is 28.6 Å². The second kappa shape index (κ2) is 5.16. The molecular formula is C9H5F2IN2O2. The van der Waals surface area contributed by atoms with E-state index in [-0.39, 0.29) is 14.8 Å². The Bertz CT molecular complexity index is 471. The number of rotatable bonds is 3. The van der Waals surface area contributed by atoms with Crippen molar-refractivity contribution in [2.24, 2.45) is 0 Å². The number of alkyl halides is 2. The molecule has 0 aliphatic rings. The van der Waals surface area contributed by atoms with Gasteiger partial charge in [-0.3, -0.25) is 4.79 Å². The van der Waals surface area contributed by atoms with Gasteiger partial charge >= 0.3 is 5.97 Å². The van der Waals surface area contributed by atoms with Crippen LogP contribution in [-0.4, -0.2) is 16.1 Å². The molecule has 0 bridgehead atoms. The first-order valence-corrected chi connectivity index (χ1v) is 5.13. The van der Waals surface area contributed by atoms with Gasteiger partial charge in [-0.1, -0.05) is 0 Å². The van der Waals surface area contributed by atoms with Gasteiger partial charge in [-0.15, -0.1) is 0 Å². The zero-order valence-corrected chi connectivity index (χ0v) is 9.90. The van der Waals surface area contributed by atoms with Crippen molar-refractivity contribution in [3.63, 3.8) is 0 Å². The standard InChI is InChI=1S/C9H5F2IN2O2/c10-9(11)8-7(12)4(2-6(15)16)1-5(3-13)14-8/h1,9H,2H2,(H,15,16). The van der Waals surface area contributed by atoms with Crippen LogP contribution in [0.2, 0.25) is 0 Å². The van der Waals surface area contributed by atoms with Crippen molar-refractivity contribution in [2.45, 2.75) is 12.8 Å². The second-order valence-corrected chi connectivity index (χ2v) is 3.93. The Hall–Kier alpha value is -1.30. The molecule has 4 nitrogen and oxygen atoms in total. The third-order valence-corrected chi connectivity index (χ3v) is 2.97. The molecule has 0 atom stereocenters. The summed E-state index contributed by atoms with van der Waals surface area (Å²) in [6.45, 7) is 0. The van der Waals surface area contributed by atoms with Crippen LogP contribution < -0.4 is 0 Å². The van der Waals surface area contributed by atoms with Crippen LogP contribution in [0.5, 0.6) is 0 Å². The van der Waals surface area contributed by atoms with E-state index in [1.165, 1.54) is 6.07 Å². The van der Waals surface area contributed by atoms with Crippen LogP contribution in [0.15, 0.2) is 6.07 Å². The highest BCUT2D eigenvalue weighted by atomic mass is 127. The van der Waals surface area contributed by atoms with E-state index in [1.807, 2.05) is 0 Å². The molecule has 0 aromatic carbocycles. The fraction of sp³-hybridized carbons (Fsp3) is 0.222. The number of carboxylic acids is 1. The minimum absolute atomic E-state index is 0.0917. The predicted octanol–water partition coefficient (Wildman–Crippen LogP) is 2.12. The monoisotopic (exact) mass is 338 g/mol. The molecule has 0 aliphatic carbocycles. The molecule has 0 saturated heterocycles. The lowest BCUT2D eigenvalue weighted by Crippen LogP contribution is -2.07. The number of carbonyl (C=O) groups is 1. The smallest absolute Gasteiger partial charge is 0.307 e. The summed E-state index contributed by atoms with van der Waals surface area (Å²) in [6, 6.07) is 2.83. The van der Waals surface area contributed by atoms with Gasteiger partial charge in [0.2, 0.25) is 0 Å². The summed E-state index contributed by atoms with van der Waals surface area (Å²) in [5.74, 6) is -1.15. The quantitative estimate of drug-likeness (QED) is 0.857. The molecule has 0 spiro atoms. The van der Waals surface area contributed by atoms with Crippen LogP contribution in [0.25, 0.3) is 0 Å². The first-order chi connectivity index (χ1) is 7.45. The van der Waals surface area contributed by atoms with Crippen molar-refractivity contribution in [1.29, 1.82) is 5.26 Å². The Balaban J connectivity index is 3.32. The van der Waals surface area contributed by atoms with Crippen LogP contribution in [0.3, 0.4) is 0 Å². The Morgan fingerprint density at radius 3 is 2.75 bits per heavy atom. The molecule has 1 aromatic heterocycles. The number of carboxylic acid groups (broad SMARTS) is 1. The largest absolute Gasteiger partial charge is 0.481 e. The van der Waals surface area contributed by atoms with Gasteiger partial charge in [0.25, 0.3) is 6.43 Å². The third kappa shape index (κ3) is 2.85. The van der Waals surface area contributed by atoms with E-state index in [0.29, 0.717) is 0 Å². The zero-order valence-electron chi connectivity index (χ0n) is 7.75. The summed E-state index contributed by atoms with van der Waals surface area (Å²) < 4.78 is 25.2. The zero-order chi connectivity index (χ0) is 12.3. The van der Waals surface area contributed by atoms with Gasteiger partial charge < -0.3 is 5.11 Å². The summed E-state index contributed by atoms with van der Waals surface area (Å²) in [5, 5.41) is 17.2. The lowest BCUT2D eigenvalue weighted by atomic mass is 10.1. The molecule has 0 saturated carbocycles. The Morgan fingerprint density at radius 1 is 1.69 bits per heavy atom. The lowest BCUT2D eigenvalue weighted by Gasteiger charge is -2.07. The first-order valence-electron chi connectivity index (χ1n) is 4.05. The topological polar surface area (TPSA) is 74.0 Å². The average Bonchev–Trinajstić information content (AvgIpc) is 2.19. The minimum Gasteiger partial charge on any atom is -0.481 e. The maximum atomic E-state index is 12.5. The van der Waals surface area contributed by atoms with Crippen molar-refractivity contribution in [2.75, 3.05) is 0 Å². The highest BCUT2D eigenvalue weighted by Gasteiger charge is 2.19. The van der Waals surface area contributed by atoms with Crippen LogP contribution in [0.4, 0.5) is 8.78 Å². The molecule has 1 rings (SSSR count). The van der Waals surface area contributed by atoms with Crippen LogP contribution >= 0.6 is 22.6 Å². The lowest BCUT2D eigenvalue weighted by molar-refractivity contribution is -0.136. The number of halogens is 3. The van der Waals surface area contributed by atoms with Gasteiger partial charge in [-0.05, 0) is 34.2 Å². The molecular weight excluding hydrogens is 333 g/mol. The fourth-order valence-electron chi connectivity index (χ4n) is 1.10. The number of pyridine rings is 1. The Morgan fingerprint density at radius 2 is 2.31 bits per heavy atom. The minimum atomic E-state index is -2.83. The van der Waals surface area contributed by atoms with Crippen molar-refractivity contribution in [3.05, 3.63) is 26.6 Å². The van der Waals surface area contributed by atoms with Crippen LogP contribution in [0.1, 0.15) is 23.4 Å². The number of nitriles is 1. The molecule has 1 aromatic rings. The third-order valence-electron chi connectivity index (χ3n) is 1.72. The van der Waals surface area contributed by atoms with Gasteiger partial charge in [0.1, 0.15) is 17.5 Å². The molecule has 0 radical (unpaired) electrons. The Labute approximate surface area is 103 Å². The van der Waals surface area contributed by atoms with Gasteiger partial charge in [0.15, 0.2) is 0 Å². The molecule has 0 aliphatic heterocycles. The van der Waals surface area contributed by atoms with E-state index in [0.717, 1.165) is 0 Å². The Kier molecular flexibility index (Phi) is 4.12. The molecule has 16 heavy (non-hydrogen) atoms. The van der Waals surface area contributed by atoms with E-state index in [1.54, 1.807) is 28.7 Å². The van der Waals surface area contributed by atoms with E-state index >= 15 is 0 Å². The van der Waals surface area contributed by atoms with Crippen LogP contribution in [0, 0.1) is 14.9 Å². The molecule has 84 valence electrons.